The molecule has 0 bridgehead atoms. The van der Waals surface area contributed by atoms with Gasteiger partial charge in [0.1, 0.15) is 6.61 Å². The quantitative estimate of drug-likeness (QED) is 0.860. The molecule has 1 N–H and O–H groups in total. The van der Waals surface area contributed by atoms with E-state index in [1.54, 1.807) is 6.26 Å². The Kier molecular flexibility index (Phi) is 6.43. The van der Waals surface area contributed by atoms with Crippen molar-refractivity contribution in [3.05, 3.63) is 35.9 Å². The zero-order chi connectivity index (χ0) is 13.4. The average Bonchev–Trinajstić information content (AvgIpc) is 2.37. The smallest absolute Gasteiger partial charge is 0.407 e. The maximum Gasteiger partial charge on any atom is 0.407 e. The highest BCUT2D eigenvalue weighted by atomic mass is 32.2. The predicted octanol–water partition coefficient (Wildman–Crippen LogP) is 2.07. The molecule has 1 amide bonds. The number of hydrogen-bond acceptors (Lipinski definition) is 3. The summed E-state index contributed by atoms with van der Waals surface area (Å²) in [5, 5.41) is 2.73. The first kappa shape index (κ1) is 14.7. The summed E-state index contributed by atoms with van der Waals surface area (Å²) in [6, 6.07) is 9.50. The fourth-order valence-corrected chi connectivity index (χ4v) is 1.77. The Labute approximate surface area is 110 Å². The fourth-order valence-electron chi connectivity index (χ4n) is 1.32. The highest BCUT2D eigenvalue weighted by Gasteiger charge is 2.07. The molecule has 1 aromatic rings. The Morgan fingerprint density at radius 1 is 1.39 bits per heavy atom. The van der Waals surface area contributed by atoms with Gasteiger partial charge in [0.2, 0.25) is 0 Å². The number of alkyl carbamates (subject to hydrolysis) is 1. The Hall–Kier alpha value is -1.36. The van der Waals surface area contributed by atoms with Gasteiger partial charge in [0.25, 0.3) is 0 Å². The minimum Gasteiger partial charge on any atom is -0.445 e. The third-order valence-electron chi connectivity index (χ3n) is 2.60. The van der Waals surface area contributed by atoms with Crippen molar-refractivity contribution in [1.82, 2.24) is 5.32 Å². The van der Waals surface area contributed by atoms with E-state index in [0.29, 0.717) is 13.0 Å². The van der Waals surface area contributed by atoms with E-state index in [0.717, 1.165) is 5.56 Å². The Morgan fingerprint density at radius 2 is 2.06 bits per heavy atom. The largest absolute Gasteiger partial charge is 0.445 e. The van der Waals surface area contributed by atoms with Gasteiger partial charge in [-0.05, 0) is 12.0 Å². The van der Waals surface area contributed by atoms with E-state index in [-0.39, 0.29) is 11.9 Å². The third-order valence-corrected chi connectivity index (χ3v) is 3.97. The van der Waals surface area contributed by atoms with E-state index in [9.17, 15) is 9.00 Å². The molecule has 0 fully saturated rings. The number of ether oxygens (including phenoxy) is 1. The van der Waals surface area contributed by atoms with Gasteiger partial charge in [0.05, 0.1) is 0 Å². The molecule has 0 saturated carbocycles. The lowest BCUT2D eigenvalue weighted by Crippen LogP contribution is -2.28. The maximum absolute atomic E-state index is 11.4. The number of carbonyl (C=O) groups is 1. The van der Waals surface area contributed by atoms with E-state index in [4.69, 9.17) is 4.74 Å². The molecule has 0 spiro atoms. The summed E-state index contributed by atoms with van der Waals surface area (Å²) in [6.45, 7) is 2.64. The van der Waals surface area contributed by atoms with Crippen LogP contribution in [0.2, 0.25) is 0 Å². The maximum atomic E-state index is 11.4. The van der Waals surface area contributed by atoms with Crippen LogP contribution in [-0.4, -0.2) is 28.4 Å². The standard InChI is InChI=1S/C13H19NO3S/c1-11(18(2)16)8-9-14-13(15)17-10-12-6-4-3-5-7-12/h3-7,11H,8-10H2,1-2H3,(H,14,15). The first-order valence-electron chi connectivity index (χ1n) is 5.86. The molecule has 0 heterocycles. The first-order valence-corrected chi connectivity index (χ1v) is 7.48. The second-order valence-corrected chi connectivity index (χ2v) is 5.89. The second-order valence-electron chi connectivity index (χ2n) is 4.09. The van der Waals surface area contributed by atoms with Gasteiger partial charge in [-0.2, -0.15) is 0 Å². The van der Waals surface area contributed by atoms with Crippen LogP contribution in [0.15, 0.2) is 30.3 Å². The van der Waals surface area contributed by atoms with Crippen LogP contribution >= 0.6 is 0 Å². The monoisotopic (exact) mass is 269 g/mol. The molecule has 100 valence electrons. The van der Waals surface area contributed by atoms with Crippen LogP contribution in [0, 0.1) is 0 Å². The Bertz CT molecular complexity index is 394. The van der Waals surface area contributed by atoms with Crippen LogP contribution in [0.5, 0.6) is 0 Å². The van der Waals surface area contributed by atoms with Crippen LogP contribution in [0.1, 0.15) is 18.9 Å². The summed E-state index contributed by atoms with van der Waals surface area (Å²) in [5.41, 5.74) is 0.954. The predicted molar refractivity (Wildman–Crippen MR) is 72.8 cm³/mol. The van der Waals surface area contributed by atoms with Gasteiger partial charge in [-0.3, -0.25) is 4.21 Å². The van der Waals surface area contributed by atoms with Crippen molar-refractivity contribution >= 4 is 16.9 Å². The topological polar surface area (TPSA) is 55.4 Å². The van der Waals surface area contributed by atoms with Crippen LogP contribution < -0.4 is 5.32 Å². The van der Waals surface area contributed by atoms with E-state index in [1.807, 2.05) is 37.3 Å². The molecule has 0 radical (unpaired) electrons. The molecule has 18 heavy (non-hydrogen) atoms. The SMILES string of the molecule is CC(CCNC(=O)OCc1ccccc1)S(C)=O. The van der Waals surface area contributed by atoms with Gasteiger partial charge in [-0.15, -0.1) is 0 Å². The third kappa shape index (κ3) is 5.82. The van der Waals surface area contributed by atoms with Crippen LogP contribution in [0.4, 0.5) is 4.79 Å². The van der Waals surface area contributed by atoms with E-state index >= 15 is 0 Å². The number of nitrogens with one attached hydrogen (secondary N) is 1. The number of amides is 1. The lowest BCUT2D eigenvalue weighted by molar-refractivity contribution is 0.139. The van der Waals surface area contributed by atoms with E-state index < -0.39 is 16.9 Å². The number of benzene rings is 1. The zero-order valence-corrected chi connectivity index (χ0v) is 11.5. The van der Waals surface area contributed by atoms with Gasteiger partial charge >= 0.3 is 6.09 Å². The molecule has 1 rings (SSSR count). The van der Waals surface area contributed by atoms with Gasteiger partial charge in [0, 0.05) is 28.9 Å². The molecular formula is C13H19NO3S. The van der Waals surface area contributed by atoms with Crippen molar-refractivity contribution in [3.63, 3.8) is 0 Å². The number of carbonyl (C=O) groups excluding carboxylic acids is 1. The summed E-state index contributed by atoms with van der Waals surface area (Å²) < 4.78 is 16.1. The summed E-state index contributed by atoms with van der Waals surface area (Å²) in [6.07, 6.45) is 1.91. The molecule has 4 nitrogen and oxygen atoms in total. The van der Waals surface area contributed by atoms with Gasteiger partial charge < -0.3 is 10.1 Å². The van der Waals surface area contributed by atoms with Gasteiger partial charge in [0.15, 0.2) is 0 Å². The molecule has 2 unspecified atom stereocenters. The molecule has 0 aliphatic heterocycles. The molecular weight excluding hydrogens is 250 g/mol. The summed E-state index contributed by atoms with van der Waals surface area (Å²) >= 11 is 0. The number of hydrogen-bond donors (Lipinski definition) is 1. The minimum atomic E-state index is -0.851. The van der Waals surface area contributed by atoms with E-state index in [1.165, 1.54) is 0 Å². The summed E-state index contributed by atoms with van der Waals surface area (Å²) in [7, 11) is -0.851. The lowest BCUT2D eigenvalue weighted by atomic mass is 10.2. The van der Waals surface area contributed by atoms with Crippen molar-refractivity contribution in [2.24, 2.45) is 0 Å². The zero-order valence-electron chi connectivity index (χ0n) is 10.7. The van der Waals surface area contributed by atoms with Crippen molar-refractivity contribution in [1.29, 1.82) is 0 Å². The minimum absolute atomic E-state index is 0.0828. The second kappa shape index (κ2) is 7.87. The molecule has 2 atom stereocenters. The van der Waals surface area contributed by atoms with E-state index in [2.05, 4.69) is 5.32 Å². The molecule has 5 heteroatoms. The number of rotatable bonds is 6. The van der Waals surface area contributed by atoms with Crippen molar-refractivity contribution < 1.29 is 13.7 Å². The molecule has 0 saturated heterocycles. The van der Waals surface area contributed by atoms with Gasteiger partial charge in [-0.25, -0.2) is 4.79 Å². The van der Waals surface area contributed by atoms with Crippen molar-refractivity contribution in [2.75, 3.05) is 12.8 Å². The highest BCUT2D eigenvalue weighted by Crippen LogP contribution is 2.01. The van der Waals surface area contributed by atoms with Crippen molar-refractivity contribution in [2.45, 2.75) is 25.2 Å². The highest BCUT2D eigenvalue weighted by molar-refractivity contribution is 7.84. The van der Waals surface area contributed by atoms with Crippen LogP contribution in [0.3, 0.4) is 0 Å². The lowest BCUT2D eigenvalue weighted by Gasteiger charge is -2.09. The average molecular weight is 269 g/mol. The van der Waals surface area contributed by atoms with Gasteiger partial charge in [-0.1, -0.05) is 37.3 Å². The van der Waals surface area contributed by atoms with Crippen LogP contribution in [0.25, 0.3) is 0 Å². The van der Waals surface area contributed by atoms with Crippen LogP contribution in [-0.2, 0) is 22.1 Å². The van der Waals surface area contributed by atoms with Crippen molar-refractivity contribution in [3.8, 4) is 0 Å². The Morgan fingerprint density at radius 3 is 2.67 bits per heavy atom. The Balaban J connectivity index is 2.17. The summed E-state index contributed by atoms with van der Waals surface area (Å²) in [5.74, 6) is 0. The molecule has 0 aromatic heterocycles. The molecule has 0 aliphatic rings. The fraction of sp³-hybridized carbons (Fsp3) is 0.462. The molecule has 1 aromatic carbocycles. The normalized spacial score (nSPS) is 13.7. The molecule has 0 aliphatic carbocycles. The first-order chi connectivity index (χ1) is 8.59. The summed E-state index contributed by atoms with van der Waals surface area (Å²) in [4.78, 5) is 11.4.